The second kappa shape index (κ2) is 5.78. The van der Waals surface area contributed by atoms with E-state index in [9.17, 15) is 0 Å². The van der Waals surface area contributed by atoms with Gasteiger partial charge in [-0.15, -0.1) is 0 Å². The van der Waals surface area contributed by atoms with Crippen molar-refractivity contribution >= 4 is 15.9 Å². The summed E-state index contributed by atoms with van der Waals surface area (Å²) >= 11 is 3.49. The van der Waals surface area contributed by atoms with Gasteiger partial charge in [-0.2, -0.15) is 0 Å². The maximum atomic E-state index is 4.73. The van der Waals surface area contributed by atoms with Crippen LogP contribution in [0.1, 0.15) is 42.4 Å². The van der Waals surface area contributed by atoms with Gasteiger partial charge < -0.3 is 0 Å². The molecule has 0 amide bonds. The molecule has 0 aliphatic heterocycles. The van der Waals surface area contributed by atoms with E-state index in [0.29, 0.717) is 5.92 Å². The van der Waals surface area contributed by atoms with Crippen LogP contribution in [0.3, 0.4) is 0 Å². The van der Waals surface area contributed by atoms with Gasteiger partial charge in [0.25, 0.3) is 0 Å². The molecule has 2 aromatic heterocycles. The molecule has 0 radical (unpaired) electrons. The molecule has 3 nitrogen and oxygen atoms in total. The van der Waals surface area contributed by atoms with E-state index in [2.05, 4.69) is 39.7 Å². The lowest BCUT2D eigenvalue weighted by molar-refractivity contribution is 0.802. The van der Waals surface area contributed by atoms with Crippen molar-refractivity contribution < 1.29 is 0 Å². The van der Waals surface area contributed by atoms with E-state index in [0.717, 1.165) is 39.4 Å². The van der Waals surface area contributed by atoms with Crippen molar-refractivity contribution in [1.82, 2.24) is 15.0 Å². The van der Waals surface area contributed by atoms with Gasteiger partial charge in [-0.25, -0.2) is 9.97 Å². The molecular formula is C15H18BrN3. The van der Waals surface area contributed by atoms with Crippen LogP contribution in [0, 0.1) is 13.8 Å². The highest BCUT2D eigenvalue weighted by Gasteiger charge is 2.11. The predicted molar refractivity (Wildman–Crippen MR) is 81.5 cm³/mol. The molecular weight excluding hydrogens is 302 g/mol. The molecule has 2 heterocycles. The van der Waals surface area contributed by atoms with Crippen LogP contribution < -0.4 is 0 Å². The molecule has 0 aliphatic rings. The van der Waals surface area contributed by atoms with Crippen molar-refractivity contribution in [2.75, 3.05) is 0 Å². The molecule has 4 heteroatoms. The zero-order valence-corrected chi connectivity index (χ0v) is 13.3. The van der Waals surface area contributed by atoms with Crippen LogP contribution in [0.25, 0.3) is 11.4 Å². The van der Waals surface area contributed by atoms with Crippen molar-refractivity contribution in [3.05, 3.63) is 41.0 Å². The Morgan fingerprint density at radius 2 is 1.74 bits per heavy atom. The second-order valence-electron chi connectivity index (χ2n) is 5.03. The number of aryl methyl sites for hydroxylation is 2. The smallest absolute Gasteiger partial charge is 0.159 e. The first-order chi connectivity index (χ1) is 9.01. The summed E-state index contributed by atoms with van der Waals surface area (Å²) in [6.07, 6.45) is 1.91. The number of hydrogen-bond acceptors (Lipinski definition) is 3. The van der Waals surface area contributed by atoms with Gasteiger partial charge >= 0.3 is 0 Å². The number of halogens is 1. The Morgan fingerprint density at radius 3 is 2.26 bits per heavy atom. The summed E-state index contributed by atoms with van der Waals surface area (Å²) < 4.78 is 0. The minimum atomic E-state index is 0.387. The standard InChI is InChI=1S/C15H18BrN3/c1-9(2)14-13(7-16)8-17-15(19-14)12-5-10(3)18-11(4)6-12/h5-6,8-9H,7H2,1-4H3. The zero-order chi connectivity index (χ0) is 14.0. The lowest BCUT2D eigenvalue weighted by Gasteiger charge is -2.11. The van der Waals surface area contributed by atoms with Crippen molar-refractivity contribution in [1.29, 1.82) is 0 Å². The van der Waals surface area contributed by atoms with E-state index in [4.69, 9.17) is 4.98 Å². The van der Waals surface area contributed by atoms with E-state index in [1.807, 2.05) is 32.2 Å². The van der Waals surface area contributed by atoms with Gasteiger partial charge in [0.2, 0.25) is 0 Å². The fourth-order valence-electron chi connectivity index (χ4n) is 2.13. The molecule has 0 aromatic carbocycles. The van der Waals surface area contributed by atoms with E-state index in [-0.39, 0.29) is 0 Å². The Hall–Kier alpha value is -1.29. The fraction of sp³-hybridized carbons (Fsp3) is 0.400. The van der Waals surface area contributed by atoms with E-state index in [1.54, 1.807) is 0 Å². The molecule has 0 atom stereocenters. The van der Waals surface area contributed by atoms with Crippen molar-refractivity contribution in [2.45, 2.75) is 38.9 Å². The van der Waals surface area contributed by atoms with Crippen LogP contribution in [0.15, 0.2) is 18.3 Å². The summed E-state index contributed by atoms with van der Waals surface area (Å²) in [6.45, 7) is 8.29. The fourth-order valence-corrected chi connectivity index (χ4v) is 2.56. The van der Waals surface area contributed by atoms with Crippen molar-refractivity contribution in [2.24, 2.45) is 0 Å². The quantitative estimate of drug-likeness (QED) is 0.797. The highest BCUT2D eigenvalue weighted by molar-refractivity contribution is 9.08. The van der Waals surface area contributed by atoms with Gasteiger partial charge in [0.15, 0.2) is 5.82 Å². The topological polar surface area (TPSA) is 38.7 Å². The summed E-state index contributed by atoms with van der Waals surface area (Å²) in [7, 11) is 0. The highest BCUT2D eigenvalue weighted by atomic mass is 79.9. The highest BCUT2D eigenvalue weighted by Crippen LogP contribution is 2.23. The average Bonchev–Trinajstić information content (AvgIpc) is 2.36. The molecule has 0 fully saturated rings. The summed E-state index contributed by atoms with van der Waals surface area (Å²) in [5.74, 6) is 1.17. The number of aromatic nitrogens is 3. The molecule has 0 saturated heterocycles. The molecule has 0 spiro atoms. The van der Waals surface area contributed by atoms with Crippen LogP contribution in [0.5, 0.6) is 0 Å². The molecule has 0 saturated carbocycles. The Balaban J connectivity index is 2.53. The van der Waals surface area contributed by atoms with Gasteiger partial charge in [0.05, 0.1) is 5.69 Å². The third-order valence-corrected chi connectivity index (χ3v) is 3.53. The average molecular weight is 320 g/mol. The zero-order valence-electron chi connectivity index (χ0n) is 11.7. The molecule has 0 aliphatic carbocycles. The first kappa shape index (κ1) is 14.1. The van der Waals surface area contributed by atoms with E-state index in [1.165, 1.54) is 0 Å². The number of hydrogen-bond donors (Lipinski definition) is 0. The van der Waals surface area contributed by atoms with Gasteiger partial charge in [-0.3, -0.25) is 4.98 Å². The van der Waals surface area contributed by atoms with Crippen LogP contribution in [0.4, 0.5) is 0 Å². The maximum absolute atomic E-state index is 4.73. The second-order valence-corrected chi connectivity index (χ2v) is 5.59. The lowest BCUT2D eigenvalue weighted by Crippen LogP contribution is -2.03. The number of pyridine rings is 1. The minimum Gasteiger partial charge on any atom is -0.258 e. The van der Waals surface area contributed by atoms with Crippen LogP contribution in [-0.4, -0.2) is 15.0 Å². The minimum absolute atomic E-state index is 0.387. The Kier molecular flexibility index (Phi) is 4.30. The Labute approximate surface area is 122 Å². The summed E-state index contributed by atoms with van der Waals surface area (Å²) in [5, 5.41) is 0.787. The van der Waals surface area contributed by atoms with Crippen molar-refractivity contribution in [3.63, 3.8) is 0 Å². The number of alkyl halides is 1. The molecule has 2 aromatic rings. The summed E-state index contributed by atoms with van der Waals surface area (Å²) in [5.41, 5.74) is 5.28. The first-order valence-corrected chi connectivity index (χ1v) is 7.51. The molecule has 0 N–H and O–H groups in total. The normalized spacial score (nSPS) is 11.1. The number of nitrogens with zero attached hydrogens (tertiary/aromatic N) is 3. The first-order valence-electron chi connectivity index (χ1n) is 6.38. The Morgan fingerprint density at radius 1 is 1.11 bits per heavy atom. The third-order valence-electron chi connectivity index (χ3n) is 2.93. The van der Waals surface area contributed by atoms with Gasteiger partial charge in [0, 0.05) is 34.0 Å². The number of rotatable bonds is 3. The largest absolute Gasteiger partial charge is 0.258 e. The Bertz CT molecular complexity index is 574. The molecule has 2 rings (SSSR count). The molecule has 0 bridgehead atoms. The predicted octanol–water partition coefficient (Wildman–Crippen LogP) is 4.17. The lowest BCUT2D eigenvalue weighted by atomic mass is 10.1. The van der Waals surface area contributed by atoms with E-state index >= 15 is 0 Å². The van der Waals surface area contributed by atoms with Gasteiger partial charge in [-0.05, 0) is 31.9 Å². The van der Waals surface area contributed by atoms with Gasteiger partial charge in [-0.1, -0.05) is 29.8 Å². The van der Waals surface area contributed by atoms with E-state index < -0.39 is 0 Å². The summed E-state index contributed by atoms with van der Waals surface area (Å²) in [6, 6.07) is 4.06. The SMILES string of the molecule is Cc1cc(-c2ncc(CBr)c(C(C)C)n2)cc(C)n1. The third kappa shape index (κ3) is 3.18. The van der Waals surface area contributed by atoms with Crippen LogP contribution in [-0.2, 0) is 5.33 Å². The summed E-state index contributed by atoms with van der Waals surface area (Å²) in [4.78, 5) is 13.6. The van der Waals surface area contributed by atoms with Crippen LogP contribution >= 0.6 is 15.9 Å². The molecule has 100 valence electrons. The maximum Gasteiger partial charge on any atom is 0.159 e. The van der Waals surface area contributed by atoms with Gasteiger partial charge in [0.1, 0.15) is 0 Å². The van der Waals surface area contributed by atoms with Crippen molar-refractivity contribution in [3.8, 4) is 11.4 Å². The molecule has 19 heavy (non-hydrogen) atoms. The molecule has 0 unspecified atom stereocenters. The monoisotopic (exact) mass is 319 g/mol. The van der Waals surface area contributed by atoms with Crippen LogP contribution in [0.2, 0.25) is 0 Å².